The van der Waals surface area contributed by atoms with Crippen LogP contribution in [-0.4, -0.2) is 37.7 Å². The number of rotatable bonds is 20. The van der Waals surface area contributed by atoms with E-state index in [-0.39, 0.29) is 0 Å². The summed E-state index contributed by atoms with van der Waals surface area (Å²) < 4.78 is 21.5. The minimum atomic E-state index is -0.659. The first-order chi connectivity index (χ1) is 17.4. The zero-order valence-corrected chi connectivity index (χ0v) is 23.9. The van der Waals surface area contributed by atoms with E-state index in [0.29, 0.717) is 26.1 Å². The summed E-state index contributed by atoms with van der Waals surface area (Å²) in [6.07, 6.45) is 17.5. The van der Waals surface area contributed by atoms with E-state index in [1.165, 1.54) is 64.2 Å². The lowest BCUT2D eigenvalue weighted by molar-refractivity contribution is -0.0713. The highest BCUT2D eigenvalue weighted by Crippen LogP contribution is 2.25. The third-order valence-corrected chi connectivity index (χ3v) is 6.93. The average molecular weight is 513 g/mol. The third kappa shape index (κ3) is 18.8. The maximum absolute atomic E-state index is 12.1. The van der Waals surface area contributed by atoms with E-state index in [4.69, 9.17) is 18.9 Å². The molecule has 0 saturated heterocycles. The second-order valence-corrected chi connectivity index (χ2v) is 11.4. The smallest absolute Gasteiger partial charge is 0.434 e. The number of carbonyl (C=O) groups is 2. The molecule has 6 heteroatoms. The zero-order valence-electron chi connectivity index (χ0n) is 23.9. The molecule has 36 heavy (non-hydrogen) atoms. The molecule has 1 saturated carbocycles. The molecule has 0 aromatic heterocycles. The van der Waals surface area contributed by atoms with Crippen LogP contribution < -0.4 is 0 Å². The van der Waals surface area contributed by atoms with E-state index in [9.17, 15) is 9.59 Å². The van der Waals surface area contributed by atoms with Crippen molar-refractivity contribution in [2.45, 2.75) is 155 Å². The predicted molar refractivity (Wildman–Crippen MR) is 145 cm³/mol. The van der Waals surface area contributed by atoms with Gasteiger partial charge in [0, 0.05) is 0 Å². The van der Waals surface area contributed by atoms with Crippen LogP contribution in [0.3, 0.4) is 0 Å². The standard InChI is InChI=1S/C30H56O6/c1-25(2)19-13-9-6-5-7-11-17-23-33-29(31)35-27-21-15-16-22-28(27)36-30(32)34-24-18-12-8-10-14-20-26(3)4/h25-28H,5-24H2,1-4H3. The van der Waals surface area contributed by atoms with Gasteiger partial charge in [-0.3, -0.25) is 0 Å². The van der Waals surface area contributed by atoms with Gasteiger partial charge in [0.2, 0.25) is 0 Å². The van der Waals surface area contributed by atoms with Crippen LogP contribution in [0.2, 0.25) is 0 Å². The fourth-order valence-corrected chi connectivity index (χ4v) is 4.68. The molecular formula is C30H56O6. The van der Waals surface area contributed by atoms with Gasteiger partial charge in [-0.15, -0.1) is 0 Å². The minimum Gasteiger partial charge on any atom is -0.434 e. The topological polar surface area (TPSA) is 71.1 Å². The predicted octanol–water partition coefficient (Wildman–Crippen LogP) is 9.38. The molecule has 1 aliphatic carbocycles. The molecule has 0 spiro atoms. The van der Waals surface area contributed by atoms with Crippen LogP contribution in [-0.2, 0) is 18.9 Å². The maximum atomic E-state index is 12.1. The Hall–Kier alpha value is -1.46. The molecule has 2 atom stereocenters. The summed E-state index contributed by atoms with van der Waals surface area (Å²) in [4.78, 5) is 24.3. The largest absolute Gasteiger partial charge is 0.508 e. The van der Waals surface area contributed by atoms with Crippen molar-refractivity contribution >= 4 is 12.3 Å². The number of hydrogen-bond acceptors (Lipinski definition) is 6. The van der Waals surface area contributed by atoms with Gasteiger partial charge in [-0.1, -0.05) is 105 Å². The first-order valence-electron chi connectivity index (χ1n) is 15.0. The van der Waals surface area contributed by atoms with E-state index in [1.807, 2.05) is 0 Å². The molecular weight excluding hydrogens is 456 g/mol. The Morgan fingerprint density at radius 3 is 1.25 bits per heavy atom. The zero-order chi connectivity index (χ0) is 26.4. The maximum Gasteiger partial charge on any atom is 0.508 e. The molecule has 1 rings (SSSR count). The van der Waals surface area contributed by atoms with Crippen LogP contribution in [0, 0.1) is 11.8 Å². The van der Waals surface area contributed by atoms with Crippen LogP contribution in [0.5, 0.6) is 0 Å². The van der Waals surface area contributed by atoms with Crippen LogP contribution in [0.4, 0.5) is 9.59 Å². The Morgan fingerprint density at radius 1 is 0.556 bits per heavy atom. The van der Waals surface area contributed by atoms with Crippen molar-refractivity contribution < 1.29 is 28.5 Å². The lowest BCUT2D eigenvalue weighted by atomic mass is 9.95. The van der Waals surface area contributed by atoms with Crippen molar-refractivity contribution in [2.24, 2.45) is 11.8 Å². The molecule has 1 aliphatic rings. The van der Waals surface area contributed by atoms with Crippen molar-refractivity contribution in [1.29, 1.82) is 0 Å². The highest BCUT2D eigenvalue weighted by Gasteiger charge is 2.32. The summed E-state index contributed by atoms with van der Waals surface area (Å²) in [5.74, 6) is 1.57. The van der Waals surface area contributed by atoms with E-state index in [2.05, 4.69) is 27.7 Å². The fourth-order valence-electron chi connectivity index (χ4n) is 4.68. The molecule has 6 nitrogen and oxygen atoms in total. The van der Waals surface area contributed by atoms with Crippen molar-refractivity contribution in [3.63, 3.8) is 0 Å². The Bertz CT molecular complexity index is 548. The number of ether oxygens (including phenoxy) is 4. The molecule has 0 aromatic carbocycles. The molecule has 0 amide bonds. The van der Waals surface area contributed by atoms with E-state index >= 15 is 0 Å². The quantitative estimate of drug-likeness (QED) is 0.119. The number of carbonyl (C=O) groups excluding carboxylic acids is 2. The van der Waals surface area contributed by atoms with Crippen LogP contribution in [0.15, 0.2) is 0 Å². The second kappa shape index (κ2) is 21.6. The molecule has 0 aromatic rings. The first-order valence-corrected chi connectivity index (χ1v) is 15.0. The van der Waals surface area contributed by atoms with Crippen LogP contribution in [0.1, 0.15) is 143 Å². The Kier molecular flexibility index (Phi) is 19.5. The third-order valence-electron chi connectivity index (χ3n) is 6.93. The van der Waals surface area contributed by atoms with E-state index < -0.39 is 24.5 Å². The monoisotopic (exact) mass is 512 g/mol. The van der Waals surface area contributed by atoms with Crippen molar-refractivity contribution in [2.75, 3.05) is 13.2 Å². The van der Waals surface area contributed by atoms with Gasteiger partial charge in [0.1, 0.15) is 12.2 Å². The summed E-state index contributed by atoms with van der Waals surface area (Å²) in [5, 5.41) is 0. The Labute approximate surface area is 221 Å². The van der Waals surface area contributed by atoms with Gasteiger partial charge in [0.25, 0.3) is 0 Å². The molecule has 1 fully saturated rings. The molecule has 0 bridgehead atoms. The van der Waals surface area contributed by atoms with Gasteiger partial charge in [-0.05, 0) is 50.4 Å². The summed E-state index contributed by atoms with van der Waals surface area (Å²) in [5.41, 5.74) is 0. The molecule has 2 unspecified atom stereocenters. The molecule has 0 heterocycles. The van der Waals surface area contributed by atoms with E-state index in [1.54, 1.807) is 0 Å². The normalized spacial score (nSPS) is 17.8. The van der Waals surface area contributed by atoms with Crippen molar-refractivity contribution in [3.8, 4) is 0 Å². The van der Waals surface area contributed by atoms with E-state index in [0.717, 1.165) is 50.4 Å². The molecule has 0 N–H and O–H groups in total. The lowest BCUT2D eigenvalue weighted by Gasteiger charge is -2.29. The number of unbranched alkanes of at least 4 members (excludes halogenated alkanes) is 10. The van der Waals surface area contributed by atoms with Crippen LogP contribution in [0.25, 0.3) is 0 Å². The summed E-state index contributed by atoms with van der Waals surface area (Å²) in [6.45, 7) is 9.82. The number of hydrogen-bond donors (Lipinski definition) is 0. The van der Waals surface area contributed by atoms with Gasteiger partial charge < -0.3 is 18.9 Å². The summed E-state index contributed by atoms with van der Waals surface area (Å²) in [6, 6.07) is 0. The van der Waals surface area contributed by atoms with Crippen molar-refractivity contribution in [3.05, 3.63) is 0 Å². The summed E-state index contributed by atoms with van der Waals surface area (Å²) >= 11 is 0. The van der Waals surface area contributed by atoms with Gasteiger partial charge in [0.15, 0.2) is 0 Å². The van der Waals surface area contributed by atoms with Gasteiger partial charge in [0.05, 0.1) is 13.2 Å². The SMILES string of the molecule is CC(C)CCCCCCCCCOC(=O)OC1CCCCC1OC(=O)OCCCCCCCC(C)C. The Morgan fingerprint density at radius 2 is 0.889 bits per heavy atom. The summed E-state index contributed by atoms with van der Waals surface area (Å²) in [7, 11) is 0. The first kappa shape index (κ1) is 32.6. The molecule has 0 aliphatic heterocycles. The fraction of sp³-hybridized carbons (Fsp3) is 0.933. The minimum absolute atomic E-state index is 0.376. The van der Waals surface area contributed by atoms with Crippen molar-refractivity contribution in [1.82, 2.24) is 0 Å². The average Bonchev–Trinajstić information content (AvgIpc) is 2.82. The second-order valence-electron chi connectivity index (χ2n) is 11.4. The lowest BCUT2D eigenvalue weighted by Crippen LogP contribution is -2.38. The highest BCUT2D eigenvalue weighted by molar-refractivity contribution is 5.61. The van der Waals surface area contributed by atoms with Gasteiger partial charge in [-0.2, -0.15) is 0 Å². The molecule has 212 valence electrons. The Balaban J connectivity index is 2.08. The van der Waals surface area contributed by atoms with Crippen LogP contribution >= 0.6 is 0 Å². The molecule has 0 radical (unpaired) electrons. The van der Waals surface area contributed by atoms with Gasteiger partial charge in [-0.25, -0.2) is 9.59 Å². The van der Waals surface area contributed by atoms with Gasteiger partial charge >= 0.3 is 12.3 Å². The highest BCUT2D eigenvalue weighted by atomic mass is 16.8.